The van der Waals surface area contributed by atoms with Crippen molar-refractivity contribution in [3.8, 4) is 11.5 Å². The van der Waals surface area contributed by atoms with E-state index in [1.807, 2.05) is 25.1 Å². The summed E-state index contributed by atoms with van der Waals surface area (Å²) in [5.74, 6) is 1.24. The maximum absolute atomic E-state index is 10.6. The Bertz CT molecular complexity index is 596. The maximum atomic E-state index is 10.6. The molecule has 0 N–H and O–H groups in total. The number of carbonyl (C=O) groups excluding carboxylic acids is 1. The van der Waals surface area contributed by atoms with E-state index in [2.05, 4.69) is 15.9 Å². The fraction of sp³-hybridized carbons (Fsp3) is 0.0714. The van der Waals surface area contributed by atoms with Crippen LogP contribution in [0.15, 0.2) is 40.9 Å². The van der Waals surface area contributed by atoms with Gasteiger partial charge in [0.2, 0.25) is 0 Å². The van der Waals surface area contributed by atoms with Crippen molar-refractivity contribution < 1.29 is 9.53 Å². The number of aldehydes is 1. The minimum Gasteiger partial charge on any atom is -0.456 e. The van der Waals surface area contributed by atoms with Crippen molar-refractivity contribution in [1.29, 1.82) is 0 Å². The lowest BCUT2D eigenvalue weighted by molar-refractivity contribution is 0.112. The highest BCUT2D eigenvalue weighted by molar-refractivity contribution is 9.10. The third kappa shape index (κ3) is 2.92. The fourth-order valence-electron chi connectivity index (χ4n) is 1.48. The molecule has 2 aromatic carbocycles. The molecule has 0 amide bonds. The molecule has 92 valence electrons. The molecule has 0 heterocycles. The van der Waals surface area contributed by atoms with E-state index in [4.69, 9.17) is 16.3 Å². The highest BCUT2D eigenvalue weighted by Crippen LogP contribution is 2.31. The largest absolute Gasteiger partial charge is 0.456 e. The predicted octanol–water partition coefficient (Wildman–Crippen LogP) is 5.02. The van der Waals surface area contributed by atoms with E-state index in [9.17, 15) is 4.79 Å². The molecule has 0 fully saturated rings. The van der Waals surface area contributed by atoms with E-state index < -0.39 is 0 Å². The summed E-state index contributed by atoms with van der Waals surface area (Å²) >= 11 is 9.46. The van der Waals surface area contributed by atoms with Crippen molar-refractivity contribution in [2.45, 2.75) is 6.92 Å². The second-order valence-corrected chi connectivity index (χ2v) is 5.08. The van der Waals surface area contributed by atoms with Gasteiger partial charge in [-0.1, -0.05) is 27.5 Å². The molecule has 2 aromatic rings. The number of rotatable bonds is 3. The Labute approximate surface area is 119 Å². The van der Waals surface area contributed by atoms with Crippen LogP contribution < -0.4 is 4.74 Å². The number of benzene rings is 2. The van der Waals surface area contributed by atoms with Crippen molar-refractivity contribution >= 4 is 33.8 Å². The normalized spacial score (nSPS) is 10.2. The fourth-order valence-corrected chi connectivity index (χ4v) is 1.95. The summed E-state index contributed by atoms with van der Waals surface area (Å²) in [7, 11) is 0. The molecule has 0 aliphatic rings. The van der Waals surface area contributed by atoms with Crippen LogP contribution in [0.4, 0.5) is 0 Å². The van der Waals surface area contributed by atoms with Gasteiger partial charge in [-0.25, -0.2) is 0 Å². The Morgan fingerprint density at radius 1 is 1.22 bits per heavy atom. The van der Waals surface area contributed by atoms with E-state index in [0.717, 1.165) is 16.3 Å². The SMILES string of the molecule is Cc1cc(Oc2ccc(C=O)cc2Cl)ccc1Br. The Balaban J connectivity index is 2.28. The first-order chi connectivity index (χ1) is 8.60. The van der Waals surface area contributed by atoms with Crippen molar-refractivity contribution in [3.63, 3.8) is 0 Å². The summed E-state index contributed by atoms with van der Waals surface area (Å²) in [6, 6.07) is 10.6. The van der Waals surface area contributed by atoms with E-state index in [1.54, 1.807) is 18.2 Å². The van der Waals surface area contributed by atoms with Crippen LogP contribution >= 0.6 is 27.5 Å². The zero-order valence-electron chi connectivity index (χ0n) is 9.61. The molecular weight excluding hydrogens is 316 g/mol. The molecule has 0 saturated heterocycles. The molecular formula is C14H10BrClO2. The Morgan fingerprint density at radius 2 is 2.00 bits per heavy atom. The highest BCUT2D eigenvalue weighted by Gasteiger charge is 2.05. The van der Waals surface area contributed by atoms with E-state index in [-0.39, 0.29) is 0 Å². The third-order valence-corrected chi connectivity index (χ3v) is 3.63. The average Bonchev–Trinajstić information content (AvgIpc) is 2.36. The zero-order valence-corrected chi connectivity index (χ0v) is 12.0. The van der Waals surface area contributed by atoms with Crippen molar-refractivity contribution in [2.24, 2.45) is 0 Å². The minimum atomic E-state index is 0.417. The second kappa shape index (κ2) is 5.55. The topological polar surface area (TPSA) is 26.3 Å². The molecule has 0 radical (unpaired) electrons. The van der Waals surface area contributed by atoms with Crippen molar-refractivity contribution in [2.75, 3.05) is 0 Å². The Hall–Kier alpha value is -1.32. The summed E-state index contributed by atoms with van der Waals surface area (Å²) in [6.45, 7) is 1.98. The molecule has 0 aliphatic carbocycles. The van der Waals surface area contributed by atoms with Crippen molar-refractivity contribution in [3.05, 3.63) is 57.0 Å². The first-order valence-corrected chi connectivity index (χ1v) is 6.46. The number of halogens is 2. The van der Waals surface area contributed by atoms with Gasteiger partial charge in [0.1, 0.15) is 17.8 Å². The minimum absolute atomic E-state index is 0.417. The third-order valence-electron chi connectivity index (χ3n) is 2.45. The smallest absolute Gasteiger partial charge is 0.150 e. The second-order valence-electron chi connectivity index (χ2n) is 3.82. The predicted molar refractivity (Wildman–Crippen MR) is 75.8 cm³/mol. The van der Waals surface area contributed by atoms with Crippen LogP contribution in [0, 0.1) is 6.92 Å². The van der Waals surface area contributed by atoms with Gasteiger partial charge in [0.05, 0.1) is 5.02 Å². The van der Waals surface area contributed by atoms with Crippen LogP contribution in [0.1, 0.15) is 15.9 Å². The summed E-state index contributed by atoms with van der Waals surface area (Å²) < 4.78 is 6.70. The van der Waals surface area contributed by atoms with E-state index >= 15 is 0 Å². The van der Waals surface area contributed by atoms with Crippen LogP contribution in [0.3, 0.4) is 0 Å². The first-order valence-electron chi connectivity index (χ1n) is 5.29. The van der Waals surface area contributed by atoms with Gasteiger partial charge >= 0.3 is 0 Å². The van der Waals surface area contributed by atoms with E-state index in [1.165, 1.54) is 0 Å². The van der Waals surface area contributed by atoms with E-state index in [0.29, 0.717) is 22.1 Å². The summed E-state index contributed by atoms with van der Waals surface area (Å²) in [4.78, 5) is 10.6. The molecule has 0 unspecified atom stereocenters. The first kappa shape index (κ1) is 13.1. The lowest BCUT2D eigenvalue weighted by atomic mass is 10.2. The molecule has 0 aromatic heterocycles. The number of carbonyl (C=O) groups is 1. The van der Waals surface area contributed by atoms with Crippen LogP contribution in [0.2, 0.25) is 5.02 Å². The molecule has 2 nitrogen and oxygen atoms in total. The van der Waals surface area contributed by atoms with Crippen LogP contribution in [0.5, 0.6) is 11.5 Å². The lowest BCUT2D eigenvalue weighted by Gasteiger charge is -2.09. The Morgan fingerprint density at radius 3 is 2.61 bits per heavy atom. The van der Waals surface area contributed by atoms with Gasteiger partial charge < -0.3 is 4.74 Å². The molecule has 2 rings (SSSR count). The van der Waals surface area contributed by atoms with Gasteiger partial charge in [-0.05, 0) is 48.9 Å². The molecule has 4 heteroatoms. The molecule has 18 heavy (non-hydrogen) atoms. The average molecular weight is 326 g/mol. The zero-order chi connectivity index (χ0) is 13.1. The number of hydrogen-bond acceptors (Lipinski definition) is 2. The molecule has 0 saturated carbocycles. The van der Waals surface area contributed by atoms with Crippen LogP contribution in [-0.4, -0.2) is 6.29 Å². The standard InChI is InChI=1S/C14H10BrClO2/c1-9-6-11(3-4-12(9)15)18-14-5-2-10(8-17)7-13(14)16/h2-8H,1H3. The van der Waals surface area contributed by atoms with Crippen molar-refractivity contribution in [1.82, 2.24) is 0 Å². The van der Waals surface area contributed by atoms with Gasteiger partial charge in [0.25, 0.3) is 0 Å². The monoisotopic (exact) mass is 324 g/mol. The molecule has 0 bridgehead atoms. The number of aryl methyl sites for hydroxylation is 1. The summed E-state index contributed by atoms with van der Waals surface area (Å²) in [6.07, 6.45) is 0.749. The number of hydrogen-bond donors (Lipinski definition) is 0. The van der Waals surface area contributed by atoms with Crippen LogP contribution in [0.25, 0.3) is 0 Å². The quantitative estimate of drug-likeness (QED) is 0.741. The lowest BCUT2D eigenvalue weighted by Crippen LogP contribution is -1.88. The van der Waals surface area contributed by atoms with Crippen LogP contribution in [-0.2, 0) is 0 Å². The molecule has 0 spiro atoms. The van der Waals surface area contributed by atoms with Gasteiger partial charge in [-0.3, -0.25) is 4.79 Å². The Kier molecular flexibility index (Phi) is 4.04. The van der Waals surface area contributed by atoms with Gasteiger partial charge in [0.15, 0.2) is 0 Å². The van der Waals surface area contributed by atoms with Gasteiger partial charge in [0, 0.05) is 10.0 Å². The summed E-state index contributed by atoms with van der Waals surface area (Å²) in [5.41, 5.74) is 1.60. The number of ether oxygens (including phenoxy) is 1. The summed E-state index contributed by atoms with van der Waals surface area (Å²) in [5, 5.41) is 0.417. The maximum Gasteiger partial charge on any atom is 0.150 e. The molecule has 0 atom stereocenters. The van der Waals surface area contributed by atoms with Gasteiger partial charge in [-0.15, -0.1) is 0 Å². The molecule has 0 aliphatic heterocycles. The van der Waals surface area contributed by atoms with Gasteiger partial charge in [-0.2, -0.15) is 0 Å². The highest BCUT2D eigenvalue weighted by atomic mass is 79.9.